The molecule has 0 aliphatic carbocycles. The van der Waals surface area contributed by atoms with Crippen LogP contribution < -0.4 is 15.9 Å². The van der Waals surface area contributed by atoms with Gasteiger partial charge < -0.3 is 9.88 Å². The summed E-state index contributed by atoms with van der Waals surface area (Å²) in [4.78, 5) is 41.1. The molecule has 0 aromatic carbocycles. The SMILES string of the molecule is CCc1cc2ncc(CN3CCN(c4ccc(C(=O)NN5CCS(=O)(=O)CC5)nc4)CC3)cc2[nH]c1=O.[HH].[HH]. The summed E-state index contributed by atoms with van der Waals surface area (Å²) in [6.07, 6.45) is 4.26. The fraction of sp³-hybridized carbons (Fsp3) is 0.440. The van der Waals surface area contributed by atoms with Crippen LogP contribution in [0.5, 0.6) is 0 Å². The Labute approximate surface area is 218 Å². The molecule has 200 valence electrons. The Hall–Kier alpha value is -3.35. The van der Waals surface area contributed by atoms with Crippen LogP contribution in [0.2, 0.25) is 0 Å². The van der Waals surface area contributed by atoms with Crippen molar-refractivity contribution < 1.29 is 16.1 Å². The van der Waals surface area contributed by atoms with Crippen LogP contribution in [-0.4, -0.2) is 90.0 Å². The Morgan fingerprint density at radius 2 is 1.81 bits per heavy atom. The van der Waals surface area contributed by atoms with Gasteiger partial charge >= 0.3 is 0 Å². The average molecular weight is 530 g/mol. The van der Waals surface area contributed by atoms with Gasteiger partial charge in [-0.3, -0.25) is 24.9 Å². The van der Waals surface area contributed by atoms with Crippen molar-refractivity contribution in [3.8, 4) is 0 Å². The van der Waals surface area contributed by atoms with E-state index < -0.39 is 9.84 Å². The molecule has 2 fully saturated rings. The number of carbonyl (C=O) groups excluding carboxylic acids is 1. The van der Waals surface area contributed by atoms with Crippen molar-refractivity contribution in [3.05, 3.63) is 63.8 Å². The molecule has 2 aliphatic rings. The highest BCUT2D eigenvalue weighted by molar-refractivity contribution is 7.91. The summed E-state index contributed by atoms with van der Waals surface area (Å²) in [5.74, 6) is -0.253. The number of pyridine rings is 3. The molecule has 12 heteroatoms. The maximum Gasteiger partial charge on any atom is 0.284 e. The number of aryl methyl sites for hydroxylation is 1. The van der Waals surface area contributed by atoms with E-state index in [-0.39, 0.29) is 38.9 Å². The molecule has 3 aromatic rings. The number of hydrazine groups is 1. The first-order chi connectivity index (χ1) is 17.8. The maximum absolute atomic E-state index is 12.5. The molecule has 11 nitrogen and oxygen atoms in total. The number of nitrogens with zero attached hydrogens (tertiary/aromatic N) is 5. The van der Waals surface area contributed by atoms with Crippen molar-refractivity contribution in [3.63, 3.8) is 0 Å². The van der Waals surface area contributed by atoms with Gasteiger partial charge in [0.2, 0.25) is 0 Å². The number of sulfone groups is 1. The van der Waals surface area contributed by atoms with Crippen LogP contribution in [0.4, 0.5) is 5.69 Å². The number of hydrogen-bond acceptors (Lipinski definition) is 9. The molecular formula is C25H35N7O4S. The summed E-state index contributed by atoms with van der Waals surface area (Å²) in [7, 11) is -3.00. The van der Waals surface area contributed by atoms with E-state index in [1.807, 2.05) is 31.3 Å². The van der Waals surface area contributed by atoms with Crippen molar-refractivity contribution in [1.82, 2.24) is 30.3 Å². The second-order valence-corrected chi connectivity index (χ2v) is 11.8. The van der Waals surface area contributed by atoms with Gasteiger partial charge in [-0.2, -0.15) is 0 Å². The largest absolute Gasteiger partial charge is 0.368 e. The number of carbonyl (C=O) groups is 1. The zero-order valence-corrected chi connectivity index (χ0v) is 21.6. The fourth-order valence-electron chi connectivity index (χ4n) is 4.67. The smallest absolute Gasteiger partial charge is 0.284 e. The first kappa shape index (κ1) is 25.3. The minimum atomic E-state index is -3.00. The Morgan fingerprint density at radius 3 is 2.49 bits per heavy atom. The van der Waals surface area contributed by atoms with E-state index in [0.29, 0.717) is 12.1 Å². The molecule has 1 amide bonds. The third-order valence-corrected chi connectivity index (χ3v) is 8.54. The monoisotopic (exact) mass is 529 g/mol. The van der Waals surface area contributed by atoms with Gasteiger partial charge in [-0.1, -0.05) is 6.92 Å². The highest BCUT2D eigenvalue weighted by Gasteiger charge is 2.24. The van der Waals surface area contributed by atoms with E-state index >= 15 is 0 Å². The van der Waals surface area contributed by atoms with Gasteiger partial charge in [0.25, 0.3) is 11.5 Å². The number of rotatable bonds is 6. The lowest BCUT2D eigenvalue weighted by Crippen LogP contribution is -2.50. The lowest BCUT2D eigenvalue weighted by molar-refractivity contribution is 0.0797. The predicted octanol–water partition coefficient (Wildman–Crippen LogP) is 1.07. The molecule has 5 heterocycles. The quantitative estimate of drug-likeness (QED) is 0.481. The highest BCUT2D eigenvalue weighted by Crippen LogP contribution is 2.18. The van der Waals surface area contributed by atoms with Crippen LogP contribution in [0, 0.1) is 0 Å². The van der Waals surface area contributed by atoms with Crippen molar-refractivity contribution in [2.75, 3.05) is 55.7 Å². The lowest BCUT2D eigenvalue weighted by atomic mass is 10.1. The van der Waals surface area contributed by atoms with Gasteiger partial charge in [0.15, 0.2) is 9.84 Å². The van der Waals surface area contributed by atoms with Gasteiger partial charge in [-0.05, 0) is 36.2 Å². The van der Waals surface area contributed by atoms with Crippen LogP contribution >= 0.6 is 0 Å². The van der Waals surface area contributed by atoms with Gasteiger partial charge in [0.1, 0.15) is 5.69 Å². The van der Waals surface area contributed by atoms with Crippen LogP contribution in [0.3, 0.4) is 0 Å². The number of hydrogen-bond donors (Lipinski definition) is 2. The lowest BCUT2D eigenvalue weighted by Gasteiger charge is -2.36. The number of fused-ring (bicyclic) bond motifs is 1. The van der Waals surface area contributed by atoms with Crippen LogP contribution in [0.1, 0.15) is 31.4 Å². The zero-order valence-electron chi connectivity index (χ0n) is 20.8. The Balaban J connectivity index is 0.00000210. The van der Waals surface area contributed by atoms with Gasteiger partial charge in [-0.15, -0.1) is 0 Å². The second kappa shape index (κ2) is 10.6. The van der Waals surface area contributed by atoms with E-state index in [0.717, 1.165) is 60.6 Å². The Bertz CT molecular complexity index is 1450. The van der Waals surface area contributed by atoms with Gasteiger partial charge in [0.05, 0.1) is 34.4 Å². The molecule has 3 aromatic heterocycles. The maximum atomic E-state index is 12.5. The van der Waals surface area contributed by atoms with Crippen LogP contribution in [0.15, 0.2) is 41.5 Å². The van der Waals surface area contributed by atoms with Crippen LogP contribution in [-0.2, 0) is 22.8 Å². The molecular weight excluding hydrogens is 494 g/mol. The normalized spacial score (nSPS) is 18.7. The first-order valence-electron chi connectivity index (χ1n) is 12.5. The highest BCUT2D eigenvalue weighted by atomic mass is 32.2. The molecule has 0 unspecified atom stereocenters. The minimum Gasteiger partial charge on any atom is -0.368 e. The van der Waals surface area contributed by atoms with Gasteiger partial charge in [-0.25, -0.2) is 18.4 Å². The van der Waals surface area contributed by atoms with E-state index in [1.165, 1.54) is 0 Å². The third kappa shape index (κ3) is 5.97. The number of amides is 1. The standard InChI is InChI=1S/C25H31N7O4S.2H2/c1-2-19-14-22-23(28-24(19)33)13-18(15-26-22)17-30-5-7-31(8-6-30)20-3-4-21(27-16-20)25(34)29-32-9-11-37(35,36)12-10-32;;/h3-4,13-16H,2,5-12,17H2,1H3,(H,28,33)(H,29,34);2*1H. The number of piperazine rings is 1. The third-order valence-electron chi connectivity index (χ3n) is 6.94. The molecule has 0 bridgehead atoms. The summed E-state index contributed by atoms with van der Waals surface area (Å²) in [6.45, 7) is 6.66. The van der Waals surface area contributed by atoms with E-state index in [1.54, 1.807) is 17.3 Å². The van der Waals surface area contributed by atoms with Gasteiger partial charge in [0, 0.05) is 60.4 Å². The van der Waals surface area contributed by atoms with Crippen LogP contribution in [0.25, 0.3) is 11.0 Å². The molecule has 2 saturated heterocycles. The summed E-state index contributed by atoms with van der Waals surface area (Å²) in [6, 6.07) is 7.46. The molecule has 2 aliphatic heterocycles. The minimum absolute atomic E-state index is 0. The number of aromatic amines is 1. The number of H-pyrrole nitrogens is 1. The summed E-state index contributed by atoms with van der Waals surface area (Å²) in [5.41, 5.74) is 7.31. The molecule has 37 heavy (non-hydrogen) atoms. The second-order valence-electron chi connectivity index (χ2n) is 9.50. The van der Waals surface area contributed by atoms with E-state index in [4.69, 9.17) is 0 Å². The van der Waals surface area contributed by atoms with Crippen molar-refractivity contribution >= 4 is 32.5 Å². The van der Waals surface area contributed by atoms with Crippen molar-refractivity contribution in [2.24, 2.45) is 0 Å². The average Bonchev–Trinajstić information content (AvgIpc) is 2.90. The summed E-state index contributed by atoms with van der Waals surface area (Å²) >= 11 is 0. The molecule has 5 rings (SSSR count). The topological polar surface area (TPSA) is 132 Å². The summed E-state index contributed by atoms with van der Waals surface area (Å²) < 4.78 is 23.1. The van der Waals surface area contributed by atoms with Crippen molar-refractivity contribution in [1.29, 1.82) is 0 Å². The molecule has 2 N–H and O–H groups in total. The number of aromatic nitrogens is 3. The van der Waals surface area contributed by atoms with E-state index in [9.17, 15) is 18.0 Å². The molecule has 0 radical (unpaired) electrons. The first-order valence-corrected chi connectivity index (χ1v) is 14.3. The molecule has 0 atom stereocenters. The number of anilines is 1. The van der Waals surface area contributed by atoms with Crippen molar-refractivity contribution in [2.45, 2.75) is 19.9 Å². The zero-order chi connectivity index (χ0) is 26.0. The Morgan fingerprint density at radius 1 is 1.05 bits per heavy atom. The predicted molar refractivity (Wildman–Crippen MR) is 145 cm³/mol. The number of nitrogens with one attached hydrogen (secondary N) is 2. The fourth-order valence-corrected chi connectivity index (χ4v) is 5.87. The molecule has 0 spiro atoms. The summed E-state index contributed by atoms with van der Waals surface area (Å²) in [5, 5.41) is 1.63. The van der Waals surface area contributed by atoms with E-state index in [2.05, 4.69) is 30.2 Å². The molecule has 0 saturated carbocycles. The Kier molecular flexibility index (Phi) is 7.22.